The predicted molar refractivity (Wildman–Crippen MR) is 431 cm³/mol. The number of thioether (sulfide) groups is 1. The summed E-state index contributed by atoms with van der Waals surface area (Å²) >= 11 is 1.21. The Morgan fingerprint density at radius 2 is 1.14 bits per heavy atom. The lowest BCUT2D eigenvalue weighted by atomic mass is 10.0. The van der Waals surface area contributed by atoms with Gasteiger partial charge in [-0.3, -0.25) is 62.3 Å². The highest BCUT2D eigenvalue weighted by Gasteiger charge is 2.38. The van der Waals surface area contributed by atoms with Crippen molar-refractivity contribution in [3.63, 3.8) is 0 Å². The topological polar surface area (TPSA) is 571 Å². The van der Waals surface area contributed by atoms with E-state index < -0.39 is 192 Å². The molecule has 38 nitrogen and oxygen atoms in total. The molecule has 118 heavy (non-hydrogen) atoms. The van der Waals surface area contributed by atoms with Crippen LogP contribution < -0.4 is 63.8 Å². The molecule has 6 rings (SSSR count). The summed E-state index contributed by atoms with van der Waals surface area (Å²) in [6.07, 6.45) is 1.99. The Hall–Kier alpha value is -11.6. The lowest BCUT2D eigenvalue weighted by Crippen LogP contribution is -2.61. The Kier molecular flexibility index (Phi) is 40.0. The number of aromatic hydroxyl groups is 3. The van der Waals surface area contributed by atoms with Crippen LogP contribution in [0.4, 0.5) is 0 Å². The van der Waals surface area contributed by atoms with E-state index in [9.17, 15) is 97.8 Å². The van der Waals surface area contributed by atoms with Crippen LogP contribution in [-0.2, 0) is 120 Å². The average molecular weight is 1700 g/mol. The normalized spacial score (nSPS) is 18.6. The molecule has 1 fully saturated rings. The van der Waals surface area contributed by atoms with E-state index in [1.165, 1.54) is 105 Å². The third-order valence-electron chi connectivity index (χ3n) is 17.9. The van der Waals surface area contributed by atoms with Gasteiger partial charge < -0.3 is 104 Å². The molecule has 4 aromatic carbocycles. The maximum Gasteiger partial charge on any atom is 0.336 e. The summed E-state index contributed by atoms with van der Waals surface area (Å²) in [6, 6.07) is 5.19. The SMILES string of the molecule is CCCOCCOCCn1cc(CCCC(=O)N[C@H](Cc2ccc(O)cc2)C(=O)N[C@H]2CSSC[C@@H](C(=O)N[C@H](Cc3ccc(O)cc3)C(=O)N[C@H](CCSC)C(=O)N[C@H](CC(=O)O)C(=O)N[C@@H](C(=O)O)C(C)C)NC(=O)[C@@H](C)NC(=O)[C@@H](Cc3ccc(O)cc3)NC(=O)[C@H](Cc3ccccc3)NC(=O)CNC(=O)[C@@H](C(=O)O)NC2=O)nn1. The second-order valence-electron chi connectivity index (χ2n) is 27.7. The molecule has 0 bridgehead atoms. The number of hydrogen-bond acceptors (Lipinski definition) is 25. The van der Waals surface area contributed by atoms with Crippen molar-refractivity contribution in [2.45, 2.75) is 165 Å². The number of aliphatic carboxylic acids is 3. The molecule has 1 saturated heterocycles. The number of nitrogens with zero attached hydrogens (tertiary/aromatic N) is 3. The van der Waals surface area contributed by atoms with Crippen molar-refractivity contribution in [3.05, 3.63) is 137 Å². The summed E-state index contributed by atoms with van der Waals surface area (Å²) in [7, 11) is 1.44. The fraction of sp³-hybridized carbons (Fsp3) is 0.468. The number of benzene rings is 4. The Balaban J connectivity index is 1.38. The number of nitrogens with one attached hydrogen (secondary N) is 12. The van der Waals surface area contributed by atoms with Crippen molar-refractivity contribution in [1.82, 2.24) is 78.8 Å². The standard InChI is InChI=1S/C77H101N15O23S3/c1-6-29-114-31-32-115-30-28-92-40-49(90-91-92)13-10-14-61(96)80-54(35-46-15-21-50(93)22-16-46)70(104)87-60-42-118-117-41-59(73(107)84-57(37-48-19-25-52(95)26-20-48)71(105)82-53(27-33-116-5)67(101)85-58(38-63(98)99)72(106)88-64(43(2)3)76(110)111)86-66(100)44(4)79-68(102)56(36-47-17-23-51(94)24-18-47)83-69(103)55(34-45-11-8-7-9-12-45)81-62(97)39-78-75(109)65(77(112)113)89-74(60)108/h7-9,11-12,15-26,40,43-44,53-60,64-65,93-95H,6,10,13-14,27-39,41-42H2,1-5H3,(H,78,109)(H,79,102)(H,80,96)(H,81,97)(H,82,105)(H,83,103)(H,84,107)(H,85,101)(H,86,100)(H,87,104)(H,88,106)(H,89,108)(H,98,99)(H,110,111)(H,112,113)/t44-,53-,54-,55+,56-,57-,58-,59+,60+,64-,65+/m1/s1. The molecule has 18 N–H and O–H groups in total. The van der Waals surface area contributed by atoms with Gasteiger partial charge in [-0.15, -0.1) is 5.10 Å². The molecule has 11 atom stereocenters. The third-order valence-corrected chi connectivity index (χ3v) is 20.9. The number of hydrogen-bond donors (Lipinski definition) is 18. The second-order valence-corrected chi connectivity index (χ2v) is 31.2. The number of carboxylic acid groups (broad SMARTS) is 3. The first-order valence-electron chi connectivity index (χ1n) is 37.7. The average Bonchev–Trinajstić information content (AvgIpc) is 0.930. The van der Waals surface area contributed by atoms with Crippen molar-refractivity contribution < 1.29 is 112 Å². The van der Waals surface area contributed by atoms with E-state index in [0.29, 0.717) is 66.2 Å². The van der Waals surface area contributed by atoms with Crippen LogP contribution in [0, 0.1) is 5.92 Å². The van der Waals surface area contributed by atoms with Crippen molar-refractivity contribution in [3.8, 4) is 17.2 Å². The van der Waals surface area contributed by atoms with E-state index >= 15 is 4.79 Å². The van der Waals surface area contributed by atoms with E-state index in [4.69, 9.17) is 9.47 Å². The number of aryl methyl sites for hydroxylation is 1. The van der Waals surface area contributed by atoms with Gasteiger partial charge in [-0.25, -0.2) is 14.3 Å². The number of rotatable bonds is 39. The molecule has 12 amide bonds. The van der Waals surface area contributed by atoms with Gasteiger partial charge in [-0.2, -0.15) is 11.8 Å². The highest BCUT2D eigenvalue weighted by atomic mass is 33.1. The molecule has 1 aromatic heterocycles. The first-order valence-corrected chi connectivity index (χ1v) is 41.6. The van der Waals surface area contributed by atoms with Crippen LogP contribution >= 0.6 is 33.3 Å². The number of phenols is 3. The van der Waals surface area contributed by atoms with Gasteiger partial charge in [0.2, 0.25) is 71.0 Å². The summed E-state index contributed by atoms with van der Waals surface area (Å²) in [5.41, 5.74) is 2.04. The molecule has 5 aromatic rings. The van der Waals surface area contributed by atoms with Gasteiger partial charge in [-0.05, 0) is 109 Å². The molecule has 1 aliphatic rings. The van der Waals surface area contributed by atoms with E-state index in [0.717, 1.165) is 17.2 Å². The maximum absolute atomic E-state index is 15.2. The molecule has 0 saturated carbocycles. The van der Waals surface area contributed by atoms with Crippen LogP contribution in [0.2, 0.25) is 0 Å². The van der Waals surface area contributed by atoms with Crippen molar-refractivity contribution >= 4 is 122 Å². The molecular weight excluding hydrogens is 1600 g/mol. The summed E-state index contributed by atoms with van der Waals surface area (Å²) in [5, 5.41) is 98.4. The monoisotopic (exact) mass is 1700 g/mol. The molecule has 41 heteroatoms. The van der Waals surface area contributed by atoms with E-state index in [-0.39, 0.29) is 73.5 Å². The Morgan fingerprint density at radius 1 is 0.593 bits per heavy atom. The number of phenolic OH excluding ortho intramolecular Hbond substituents is 3. The van der Waals surface area contributed by atoms with Crippen molar-refractivity contribution in [1.29, 1.82) is 0 Å². The van der Waals surface area contributed by atoms with Gasteiger partial charge in [-0.1, -0.05) is 114 Å². The van der Waals surface area contributed by atoms with Crippen molar-refractivity contribution in [2.75, 3.05) is 56.5 Å². The molecule has 0 radical (unpaired) electrons. The number of carbonyl (C=O) groups is 15. The highest BCUT2D eigenvalue weighted by Crippen LogP contribution is 2.25. The van der Waals surface area contributed by atoms with Crippen LogP contribution in [0.3, 0.4) is 0 Å². The minimum atomic E-state index is -2.52. The van der Waals surface area contributed by atoms with Crippen LogP contribution in [-0.4, -0.2) is 257 Å². The number of ether oxygens (including phenoxy) is 2. The zero-order valence-corrected chi connectivity index (χ0v) is 67.9. The first-order chi connectivity index (χ1) is 56.3. The fourth-order valence-electron chi connectivity index (χ4n) is 11.5. The van der Waals surface area contributed by atoms with E-state index in [2.05, 4.69) is 74.1 Å². The quantitative estimate of drug-likeness (QED) is 0.0128. The largest absolute Gasteiger partial charge is 0.508 e. The zero-order valence-electron chi connectivity index (χ0n) is 65.4. The smallest absolute Gasteiger partial charge is 0.336 e. The zero-order chi connectivity index (χ0) is 86.4. The van der Waals surface area contributed by atoms with Gasteiger partial charge in [0.05, 0.1) is 45.0 Å². The van der Waals surface area contributed by atoms with Crippen LogP contribution in [0.25, 0.3) is 0 Å². The van der Waals surface area contributed by atoms with Gasteiger partial charge >= 0.3 is 17.9 Å². The lowest BCUT2D eigenvalue weighted by molar-refractivity contribution is -0.147. The van der Waals surface area contributed by atoms with Crippen LogP contribution in [0.5, 0.6) is 17.2 Å². The van der Waals surface area contributed by atoms with Crippen LogP contribution in [0.15, 0.2) is 109 Å². The Morgan fingerprint density at radius 3 is 1.73 bits per heavy atom. The van der Waals surface area contributed by atoms with Gasteiger partial charge in [0.1, 0.15) is 77.7 Å². The summed E-state index contributed by atoms with van der Waals surface area (Å²) in [5.74, 6) is -20.5. The maximum atomic E-state index is 15.2. The summed E-state index contributed by atoms with van der Waals surface area (Å²) in [4.78, 5) is 211. The Bertz CT molecular complexity index is 4230. The number of carbonyl (C=O) groups excluding carboxylic acids is 12. The lowest BCUT2D eigenvalue weighted by Gasteiger charge is -2.28. The summed E-state index contributed by atoms with van der Waals surface area (Å²) < 4.78 is 12.6. The molecule has 0 unspecified atom stereocenters. The molecule has 2 heterocycles. The molecule has 640 valence electrons. The van der Waals surface area contributed by atoms with E-state index in [1.54, 1.807) is 47.5 Å². The van der Waals surface area contributed by atoms with Gasteiger partial charge in [0.25, 0.3) is 5.91 Å². The molecule has 0 aliphatic carbocycles. The van der Waals surface area contributed by atoms with Gasteiger partial charge in [0.15, 0.2) is 0 Å². The minimum Gasteiger partial charge on any atom is -0.508 e. The first kappa shape index (κ1) is 95.3. The van der Waals surface area contributed by atoms with E-state index in [1.807, 2.05) is 6.92 Å². The van der Waals surface area contributed by atoms with Crippen LogP contribution in [0.1, 0.15) is 87.7 Å². The molecule has 1 aliphatic heterocycles. The number of carboxylic acids is 3. The van der Waals surface area contributed by atoms with Crippen molar-refractivity contribution in [2.24, 2.45) is 5.92 Å². The number of aromatic nitrogens is 3. The predicted octanol–water partition coefficient (Wildman–Crippen LogP) is -0.952. The minimum absolute atomic E-state index is 0.146. The Labute approximate surface area is 691 Å². The second kappa shape index (κ2) is 49.5. The third kappa shape index (κ3) is 33.6. The summed E-state index contributed by atoms with van der Waals surface area (Å²) in [6.45, 7) is 7.27. The van der Waals surface area contributed by atoms with Gasteiger partial charge in [0, 0.05) is 56.4 Å². The molecular formula is C77H101N15O23S3. The fourth-order valence-corrected chi connectivity index (χ4v) is 14.3. The number of amides is 12. The molecule has 0 spiro atoms. The highest BCUT2D eigenvalue weighted by molar-refractivity contribution is 8.76.